The van der Waals surface area contributed by atoms with Gasteiger partial charge in [-0.05, 0) is 37.3 Å². The van der Waals surface area contributed by atoms with Crippen LogP contribution in [-0.4, -0.2) is 30.8 Å². The SMILES string of the molecule is COC[C@H](C)NC(=S)NNC(=O)c1cc(Cl)ccc1F. The molecule has 0 saturated heterocycles. The van der Waals surface area contributed by atoms with E-state index in [0.29, 0.717) is 6.61 Å². The molecule has 1 rings (SSSR count). The van der Waals surface area contributed by atoms with Crippen molar-refractivity contribution in [1.29, 1.82) is 0 Å². The zero-order chi connectivity index (χ0) is 15.1. The van der Waals surface area contributed by atoms with Gasteiger partial charge in [-0.3, -0.25) is 15.6 Å². The highest BCUT2D eigenvalue weighted by Gasteiger charge is 2.12. The van der Waals surface area contributed by atoms with E-state index in [1.54, 1.807) is 7.11 Å². The van der Waals surface area contributed by atoms with E-state index in [1.165, 1.54) is 12.1 Å². The van der Waals surface area contributed by atoms with E-state index in [2.05, 4.69) is 16.2 Å². The number of amides is 1. The number of hydrogen-bond donors (Lipinski definition) is 3. The van der Waals surface area contributed by atoms with Crippen molar-refractivity contribution in [3.05, 3.63) is 34.6 Å². The van der Waals surface area contributed by atoms with Gasteiger partial charge >= 0.3 is 0 Å². The maximum Gasteiger partial charge on any atom is 0.272 e. The first kappa shape index (κ1) is 16.6. The molecule has 0 fully saturated rings. The Morgan fingerprint density at radius 2 is 2.20 bits per heavy atom. The summed E-state index contributed by atoms with van der Waals surface area (Å²) in [5, 5.41) is 3.34. The summed E-state index contributed by atoms with van der Waals surface area (Å²) in [4.78, 5) is 11.7. The third-order valence-electron chi connectivity index (χ3n) is 2.26. The lowest BCUT2D eigenvalue weighted by molar-refractivity contribution is 0.0939. The second-order valence-corrected chi connectivity index (χ2v) is 4.88. The minimum Gasteiger partial charge on any atom is -0.383 e. The summed E-state index contributed by atoms with van der Waals surface area (Å²) in [6, 6.07) is 3.69. The summed E-state index contributed by atoms with van der Waals surface area (Å²) in [5.74, 6) is -1.34. The van der Waals surface area contributed by atoms with Crippen LogP contribution in [-0.2, 0) is 4.74 Å². The van der Waals surface area contributed by atoms with Crippen molar-refractivity contribution in [2.75, 3.05) is 13.7 Å². The minimum absolute atomic E-state index is 0.0280. The second-order valence-electron chi connectivity index (χ2n) is 4.03. The number of halogens is 2. The Hall–Kier alpha value is -1.44. The first-order valence-corrected chi connectivity index (χ1v) is 6.53. The number of carbonyl (C=O) groups excluding carboxylic acids is 1. The van der Waals surface area contributed by atoms with Gasteiger partial charge in [0.25, 0.3) is 5.91 Å². The summed E-state index contributed by atoms with van der Waals surface area (Å²) < 4.78 is 18.4. The van der Waals surface area contributed by atoms with Crippen molar-refractivity contribution >= 4 is 34.8 Å². The summed E-state index contributed by atoms with van der Waals surface area (Å²) in [7, 11) is 1.57. The van der Waals surface area contributed by atoms with E-state index in [-0.39, 0.29) is 21.7 Å². The van der Waals surface area contributed by atoms with E-state index in [9.17, 15) is 9.18 Å². The van der Waals surface area contributed by atoms with Gasteiger partial charge in [-0.15, -0.1) is 0 Å². The monoisotopic (exact) mass is 319 g/mol. The number of nitrogens with one attached hydrogen (secondary N) is 3. The van der Waals surface area contributed by atoms with Crippen molar-refractivity contribution in [3.8, 4) is 0 Å². The van der Waals surface area contributed by atoms with Gasteiger partial charge in [-0.1, -0.05) is 11.6 Å². The van der Waals surface area contributed by atoms with Crippen LogP contribution < -0.4 is 16.2 Å². The molecular formula is C12H15ClFN3O2S. The van der Waals surface area contributed by atoms with Crippen LogP contribution in [0.25, 0.3) is 0 Å². The highest BCUT2D eigenvalue weighted by molar-refractivity contribution is 7.80. The molecule has 0 aliphatic heterocycles. The van der Waals surface area contributed by atoms with Crippen LogP contribution in [0.5, 0.6) is 0 Å². The molecule has 5 nitrogen and oxygen atoms in total. The average Bonchev–Trinajstić information content (AvgIpc) is 2.39. The first-order valence-electron chi connectivity index (χ1n) is 5.75. The lowest BCUT2D eigenvalue weighted by atomic mass is 10.2. The molecule has 0 saturated carbocycles. The van der Waals surface area contributed by atoms with Gasteiger partial charge in [0.05, 0.1) is 12.2 Å². The predicted molar refractivity (Wildman–Crippen MR) is 79.1 cm³/mol. The van der Waals surface area contributed by atoms with E-state index < -0.39 is 11.7 Å². The second kappa shape index (κ2) is 7.98. The Labute approximate surface area is 126 Å². The van der Waals surface area contributed by atoms with Crippen LogP contribution in [0.4, 0.5) is 4.39 Å². The molecule has 0 spiro atoms. The molecule has 1 aromatic carbocycles. The molecule has 0 aromatic heterocycles. The topological polar surface area (TPSA) is 62.4 Å². The summed E-state index contributed by atoms with van der Waals surface area (Å²) in [6.07, 6.45) is 0. The van der Waals surface area contributed by atoms with E-state index in [0.717, 1.165) is 6.07 Å². The zero-order valence-corrected chi connectivity index (χ0v) is 12.6. The predicted octanol–water partition coefficient (Wildman–Crippen LogP) is 1.62. The Kier molecular flexibility index (Phi) is 6.63. The highest BCUT2D eigenvalue weighted by atomic mass is 35.5. The van der Waals surface area contributed by atoms with E-state index in [4.69, 9.17) is 28.6 Å². The largest absolute Gasteiger partial charge is 0.383 e. The zero-order valence-electron chi connectivity index (χ0n) is 11.0. The van der Waals surface area contributed by atoms with Crippen molar-refractivity contribution in [2.45, 2.75) is 13.0 Å². The first-order chi connectivity index (χ1) is 9.43. The van der Waals surface area contributed by atoms with Crippen LogP contribution in [0, 0.1) is 5.82 Å². The molecule has 0 aliphatic carbocycles. The van der Waals surface area contributed by atoms with Crippen LogP contribution in [0.3, 0.4) is 0 Å². The van der Waals surface area contributed by atoms with Crippen molar-refractivity contribution in [3.63, 3.8) is 0 Å². The van der Waals surface area contributed by atoms with E-state index >= 15 is 0 Å². The molecule has 1 amide bonds. The molecule has 8 heteroatoms. The number of hydrazine groups is 1. The molecule has 0 aliphatic rings. The summed E-state index contributed by atoms with van der Waals surface area (Å²) in [5.41, 5.74) is 4.59. The van der Waals surface area contributed by atoms with Crippen molar-refractivity contribution < 1.29 is 13.9 Å². The summed E-state index contributed by atoms with van der Waals surface area (Å²) >= 11 is 10.7. The number of hydrogen-bond acceptors (Lipinski definition) is 3. The molecule has 0 radical (unpaired) electrons. The van der Waals surface area contributed by atoms with Crippen LogP contribution >= 0.6 is 23.8 Å². The number of thiocarbonyl (C=S) groups is 1. The molecule has 0 heterocycles. The fraction of sp³-hybridized carbons (Fsp3) is 0.333. The molecule has 110 valence electrons. The lowest BCUT2D eigenvalue weighted by Crippen LogP contribution is -2.50. The van der Waals surface area contributed by atoms with Gasteiger partial charge in [0.1, 0.15) is 5.82 Å². The van der Waals surface area contributed by atoms with Crippen LogP contribution in [0.2, 0.25) is 5.02 Å². The standard InChI is InChI=1S/C12H15ClFN3O2S/c1-7(6-19-2)15-12(20)17-16-11(18)9-5-8(13)3-4-10(9)14/h3-5,7H,6H2,1-2H3,(H,16,18)(H2,15,17,20)/t7-/m0/s1. The Bertz CT molecular complexity index is 502. The highest BCUT2D eigenvalue weighted by Crippen LogP contribution is 2.14. The number of carbonyl (C=O) groups is 1. The maximum atomic E-state index is 13.4. The average molecular weight is 320 g/mol. The molecule has 0 bridgehead atoms. The Morgan fingerprint density at radius 3 is 2.85 bits per heavy atom. The van der Waals surface area contributed by atoms with Gasteiger partial charge in [0, 0.05) is 18.2 Å². The quantitative estimate of drug-likeness (QED) is 0.581. The smallest absolute Gasteiger partial charge is 0.272 e. The third kappa shape index (κ3) is 5.28. The molecule has 20 heavy (non-hydrogen) atoms. The Morgan fingerprint density at radius 1 is 1.50 bits per heavy atom. The van der Waals surface area contributed by atoms with E-state index in [1.807, 2.05) is 6.92 Å². The molecular weight excluding hydrogens is 305 g/mol. The van der Waals surface area contributed by atoms with Crippen LogP contribution in [0.15, 0.2) is 18.2 Å². The molecule has 1 atom stereocenters. The van der Waals surface area contributed by atoms with Gasteiger partial charge in [0.2, 0.25) is 0 Å². The van der Waals surface area contributed by atoms with Gasteiger partial charge in [-0.25, -0.2) is 4.39 Å². The van der Waals surface area contributed by atoms with Gasteiger partial charge in [0.15, 0.2) is 5.11 Å². The fourth-order valence-corrected chi connectivity index (χ4v) is 1.83. The fourth-order valence-electron chi connectivity index (χ4n) is 1.40. The number of rotatable bonds is 4. The van der Waals surface area contributed by atoms with Gasteiger partial charge < -0.3 is 10.1 Å². The summed E-state index contributed by atoms with van der Waals surface area (Å²) in [6.45, 7) is 2.31. The lowest BCUT2D eigenvalue weighted by Gasteiger charge is -2.16. The maximum absolute atomic E-state index is 13.4. The number of ether oxygens (including phenoxy) is 1. The normalized spacial score (nSPS) is 11.6. The van der Waals surface area contributed by atoms with Crippen LogP contribution in [0.1, 0.15) is 17.3 Å². The van der Waals surface area contributed by atoms with Gasteiger partial charge in [-0.2, -0.15) is 0 Å². The minimum atomic E-state index is -0.673. The third-order valence-corrected chi connectivity index (χ3v) is 2.71. The molecule has 1 aromatic rings. The molecule has 0 unspecified atom stereocenters. The number of methoxy groups -OCH3 is 1. The Balaban J connectivity index is 2.51. The van der Waals surface area contributed by atoms with Crippen molar-refractivity contribution in [2.24, 2.45) is 0 Å². The molecule has 3 N–H and O–H groups in total. The van der Waals surface area contributed by atoms with Crippen molar-refractivity contribution in [1.82, 2.24) is 16.2 Å². The number of benzene rings is 1.